The van der Waals surface area contributed by atoms with E-state index in [4.69, 9.17) is 6.42 Å². The van der Waals surface area contributed by atoms with Gasteiger partial charge < -0.3 is 0 Å². The number of terminal acetylenes is 1. The zero-order valence-electron chi connectivity index (χ0n) is 9.47. The number of carbonyl (C=O) groups is 1. The summed E-state index contributed by atoms with van der Waals surface area (Å²) in [5, 5.41) is 0. The van der Waals surface area contributed by atoms with Crippen molar-refractivity contribution in [2.45, 2.75) is 46.5 Å². The molecule has 0 aromatic carbocycles. The molecular weight excluding hydrogens is 172 g/mol. The van der Waals surface area contributed by atoms with Crippen LogP contribution in [0.15, 0.2) is 0 Å². The zero-order valence-corrected chi connectivity index (χ0v) is 9.47. The lowest BCUT2D eigenvalue weighted by Crippen LogP contribution is -2.35. The van der Waals surface area contributed by atoms with Crippen LogP contribution in [0.4, 0.5) is 0 Å². The smallest absolute Gasteiger partial charge is 0.136 e. The van der Waals surface area contributed by atoms with Crippen LogP contribution in [0.1, 0.15) is 46.5 Å². The number of Topliss-reactive ketones (excluding diaryl/α,β-unsaturated/α-hetero) is 1. The van der Waals surface area contributed by atoms with Crippen LogP contribution in [0, 0.1) is 29.6 Å². The second-order valence-corrected chi connectivity index (χ2v) is 5.28. The van der Waals surface area contributed by atoms with Gasteiger partial charge in [-0.25, -0.2) is 0 Å². The first kappa shape index (κ1) is 11.3. The summed E-state index contributed by atoms with van der Waals surface area (Å²) in [5.74, 6) is 3.86. The molecular formula is C13H20O. The minimum Gasteiger partial charge on any atom is -0.299 e. The normalized spacial score (nSPS) is 28.6. The summed E-state index contributed by atoms with van der Waals surface area (Å²) in [6.07, 6.45) is 8.98. The van der Waals surface area contributed by atoms with E-state index in [1.54, 1.807) is 0 Å². The third-order valence-corrected chi connectivity index (χ3v) is 3.39. The molecule has 0 aromatic rings. The highest BCUT2D eigenvalue weighted by Crippen LogP contribution is 2.39. The van der Waals surface area contributed by atoms with Crippen LogP contribution in [0.3, 0.4) is 0 Å². The van der Waals surface area contributed by atoms with Gasteiger partial charge >= 0.3 is 0 Å². The first-order valence-electron chi connectivity index (χ1n) is 5.43. The second-order valence-electron chi connectivity index (χ2n) is 5.28. The predicted molar refractivity (Wildman–Crippen MR) is 58.7 cm³/mol. The van der Waals surface area contributed by atoms with Crippen molar-refractivity contribution in [3.05, 3.63) is 0 Å². The van der Waals surface area contributed by atoms with Gasteiger partial charge in [-0.3, -0.25) is 4.79 Å². The van der Waals surface area contributed by atoms with Crippen molar-refractivity contribution in [1.29, 1.82) is 0 Å². The minimum atomic E-state index is -0.00796. The summed E-state index contributed by atoms with van der Waals surface area (Å²) in [6.45, 7) is 6.39. The van der Waals surface area contributed by atoms with Crippen LogP contribution in [0.25, 0.3) is 0 Å². The highest BCUT2D eigenvalue weighted by atomic mass is 16.1. The molecule has 14 heavy (non-hydrogen) atoms. The maximum atomic E-state index is 11.9. The zero-order chi connectivity index (χ0) is 10.8. The van der Waals surface area contributed by atoms with Crippen LogP contribution < -0.4 is 0 Å². The maximum absolute atomic E-state index is 11.9. The average Bonchev–Trinajstić information content (AvgIpc) is 2.02. The number of carbonyl (C=O) groups excluding carboxylic acids is 1. The Morgan fingerprint density at radius 3 is 2.64 bits per heavy atom. The molecule has 0 N–H and O–H groups in total. The van der Waals surface area contributed by atoms with Gasteiger partial charge in [0, 0.05) is 18.8 Å². The lowest BCUT2D eigenvalue weighted by Gasteiger charge is -2.36. The van der Waals surface area contributed by atoms with E-state index < -0.39 is 0 Å². The van der Waals surface area contributed by atoms with E-state index in [9.17, 15) is 4.79 Å². The van der Waals surface area contributed by atoms with Gasteiger partial charge in [0.25, 0.3) is 0 Å². The molecule has 1 fully saturated rings. The third-order valence-electron chi connectivity index (χ3n) is 3.39. The molecule has 1 aliphatic carbocycles. The van der Waals surface area contributed by atoms with E-state index in [0.29, 0.717) is 18.1 Å². The Morgan fingerprint density at radius 1 is 1.50 bits per heavy atom. The van der Waals surface area contributed by atoms with E-state index in [0.717, 1.165) is 12.8 Å². The molecule has 1 aliphatic rings. The first-order valence-corrected chi connectivity index (χ1v) is 5.43. The van der Waals surface area contributed by atoms with Crippen molar-refractivity contribution in [3.63, 3.8) is 0 Å². The Bertz CT molecular complexity index is 257. The Labute approximate surface area is 87.3 Å². The monoisotopic (exact) mass is 192 g/mol. The van der Waals surface area contributed by atoms with Gasteiger partial charge in [-0.2, -0.15) is 0 Å². The summed E-state index contributed by atoms with van der Waals surface area (Å²) in [6, 6.07) is 0. The number of rotatable bonds is 2. The summed E-state index contributed by atoms with van der Waals surface area (Å²) < 4.78 is 0. The van der Waals surface area contributed by atoms with Gasteiger partial charge in [0.1, 0.15) is 5.78 Å². The molecule has 0 amide bonds. The lowest BCUT2D eigenvalue weighted by atomic mass is 9.67. The molecule has 1 nitrogen and oxygen atoms in total. The van der Waals surface area contributed by atoms with Crippen molar-refractivity contribution in [2.24, 2.45) is 17.3 Å². The first-order chi connectivity index (χ1) is 6.47. The standard InChI is InChI=1S/C13H20O/c1-5-8-13(3,4)11-7-6-10(2)9-12(11)14/h1,10-11H,6-9H2,2-4H3. The molecule has 0 saturated heterocycles. The van der Waals surface area contributed by atoms with Crippen LogP contribution in [-0.2, 0) is 4.79 Å². The van der Waals surface area contributed by atoms with Crippen LogP contribution in [0.2, 0.25) is 0 Å². The van der Waals surface area contributed by atoms with Crippen molar-refractivity contribution < 1.29 is 4.79 Å². The molecule has 1 saturated carbocycles. The van der Waals surface area contributed by atoms with Gasteiger partial charge in [0.2, 0.25) is 0 Å². The summed E-state index contributed by atoms with van der Waals surface area (Å²) in [7, 11) is 0. The van der Waals surface area contributed by atoms with Crippen molar-refractivity contribution in [1.82, 2.24) is 0 Å². The molecule has 0 aliphatic heterocycles. The van der Waals surface area contributed by atoms with E-state index >= 15 is 0 Å². The summed E-state index contributed by atoms with van der Waals surface area (Å²) in [4.78, 5) is 11.9. The van der Waals surface area contributed by atoms with Gasteiger partial charge in [0.05, 0.1) is 0 Å². The topological polar surface area (TPSA) is 17.1 Å². The SMILES string of the molecule is C#CCC(C)(C)C1CCC(C)CC1=O. The maximum Gasteiger partial charge on any atom is 0.136 e. The molecule has 2 unspecified atom stereocenters. The summed E-state index contributed by atoms with van der Waals surface area (Å²) in [5.41, 5.74) is -0.00796. The fourth-order valence-electron chi connectivity index (χ4n) is 2.41. The minimum absolute atomic E-state index is 0.00796. The Hall–Kier alpha value is -0.770. The third kappa shape index (κ3) is 2.38. The summed E-state index contributed by atoms with van der Waals surface area (Å²) >= 11 is 0. The molecule has 0 spiro atoms. The lowest BCUT2D eigenvalue weighted by molar-refractivity contribution is -0.129. The highest BCUT2D eigenvalue weighted by molar-refractivity contribution is 5.82. The van der Waals surface area contributed by atoms with Gasteiger partial charge in [0.15, 0.2) is 0 Å². The van der Waals surface area contributed by atoms with Gasteiger partial charge in [-0.1, -0.05) is 20.8 Å². The highest BCUT2D eigenvalue weighted by Gasteiger charge is 2.37. The molecule has 78 valence electrons. The molecule has 0 radical (unpaired) electrons. The van der Waals surface area contributed by atoms with E-state index in [1.165, 1.54) is 6.42 Å². The van der Waals surface area contributed by atoms with Crippen LogP contribution in [0.5, 0.6) is 0 Å². The quantitative estimate of drug-likeness (QED) is 0.615. The van der Waals surface area contributed by atoms with Crippen LogP contribution >= 0.6 is 0 Å². The Balaban J connectivity index is 2.69. The van der Waals surface area contributed by atoms with E-state index in [-0.39, 0.29) is 11.3 Å². The van der Waals surface area contributed by atoms with Crippen molar-refractivity contribution in [2.75, 3.05) is 0 Å². The van der Waals surface area contributed by atoms with Gasteiger partial charge in [-0.15, -0.1) is 12.3 Å². The van der Waals surface area contributed by atoms with Crippen molar-refractivity contribution >= 4 is 5.78 Å². The fraction of sp³-hybridized carbons (Fsp3) is 0.769. The molecule has 1 rings (SSSR count). The van der Waals surface area contributed by atoms with E-state index in [1.807, 2.05) is 0 Å². The average molecular weight is 192 g/mol. The number of hydrogen-bond donors (Lipinski definition) is 0. The van der Waals surface area contributed by atoms with Crippen LogP contribution in [-0.4, -0.2) is 5.78 Å². The molecule has 2 atom stereocenters. The second kappa shape index (κ2) is 4.17. The fourth-order valence-corrected chi connectivity index (χ4v) is 2.41. The Morgan fingerprint density at radius 2 is 2.14 bits per heavy atom. The largest absolute Gasteiger partial charge is 0.299 e. The molecule has 0 aromatic heterocycles. The predicted octanol–water partition coefficient (Wildman–Crippen LogP) is 3.04. The van der Waals surface area contributed by atoms with Gasteiger partial charge in [-0.05, 0) is 24.2 Å². The number of hydrogen-bond acceptors (Lipinski definition) is 1. The molecule has 0 bridgehead atoms. The van der Waals surface area contributed by atoms with E-state index in [2.05, 4.69) is 26.7 Å². The van der Waals surface area contributed by atoms with Crippen molar-refractivity contribution in [3.8, 4) is 12.3 Å². The molecule has 0 heterocycles. The Kier molecular flexibility index (Phi) is 3.37. The number of ketones is 1. The molecule has 1 heteroatoms.